The Morgan fingerprint density at radius 3 is 2.67 bits per heavy atom. The van der Waals surface area contributed by atoms with Gasteiger partial charge in [0.2, 0.25) is 5.95 Å². The zero-order valence-electron chi connectivity index (χ0n) is 17.1. The summed E-state index contributed by atoms with van der Waals surface area (Å²) in [5.74, 6) is -2.67. The zero-order chi connectivity index (χ0) is 23.3. The van der Waals surface area contributed by atoms with Gasteiger partial charge in [-0.3, -0.25) is 15.0 Å². The normalized spacial score (nSPS) is 17.3. The molecule has 0 saturated carbocycles. The lowest BCUT2D eigenvalue weighted by atomic mass is 9.93. The van der Waals surface area contributed by atoms with Crippen LogP contribution in [0.5, 0.6) is 0 Å². The molecular weight excluding hydrogens is 434 g/mol. The summed E-state index contributed by atoms with van der Waals surface area (Å²) >= 11 is 0. The van der Waals surface area contributed by atoms with E-state index in [-0.39, 0.29) is 28.3 Å². The summed E-state index contributed by atoms with van der Waals surface area (Å²) in [7, 11) is 1.22. The molecule has 10 heteroatoms. The standard InChI is InChI=1S/C23H16F2N4O4/c1-33-22(31)28-21-26-18-9-6-12(10-19(18)27-21)23(32)15-5-3-2-4-14(15)20(30)29(23)13-7-8-16(24)17(25)11-13/h2-11,32H,1H3,(H2,26,27,28,31). The molecule has 33 heavy (non-hydrogen) atoms. The zero-order valence-corrected chi connectivity index (χ0v) is 17.1. The third-order valence-electron chi connectivity index (χ3n) is 5.51. The first-order valence-electron chi connectivity index (χ1n) is 9.79. The number of hydrogen-bond donors (Lipinski definition) is 3. The van der Waals surface area contributed by atoms with Gasteiger partial charge in [-0.1, -0.05) is 24.3 Å². The number of aliphatic hydroxyl groups is 1. The van der Waals surface area contributed by atoms with Gasteiger partial charge in [0.15, 0.2) is 17.4 Å². The number of carbonyl (C=O) groups excluding carboxylic acids is 2. The van der Waals surface area contributed by atoms with Crippen LogP contribution in [0.4, 0.5) is 25.2 Å². The van der Waals surface area contributed by atoms with Crippen LogP contribution in [0.1, 0.15) is 21.5 Å². The minimum absolute atomic E-state index is 0.0182. The molecule has 3 aromatic carbocycles. The van der Waals surface area contributed by atoms with Crippen molar-refractivity contribution in [2.75, 3.05) is 17.3 Å². The number of anilines is 2. The molecule has 0 aliphatic carbocycles. The summed E-state index contributed by atoms with van der Waals surface area (Å²) in [6.07, 6.45) is -0.715. The number of aromatic amines is 1. The average molecular weight is 450 g/mol. The maximum absolute atomic E-state index is 14.0. The quantitative estimate of drug-likeness (QED) is 0.439. The average Bonchev–Trinajstić information content (AvgIpc) is 3.32. The molecule has 0 radical (unpaired) electrons. The number of fused-ring (bicyclic) bond motifs is 2. The third kappa shape index (κ3) is 3.11. The molecule has 1 aromatic heterocycles. The molecule has 1 unspecified atom stereocenters. The molecule has 1 aliphatic rings. The van der Waals surface area contributed by atoms with E-state index in [1.54, 1.807) is 42.5 Å². The summed E-state index contributed by atoms with van der Waals surface area (Å²) in [5.41, 5.74) is -0.330. The van der Waals surface area contributed by atoms with Gasteiger partial charge in [0.05, 0.1) is 23.8 Å². The van der Waals surface area contributed by atoms with Crippen LogP contribution in [0.25, 0.3) is 11.0 Å². The number of rotatable bonds is 3. The van der Waals surface area contributed by atoms with E-state index in [1.807, 2.05) is 0 Å². The van der Waals surface area contributed by atoms with Crippen LogP contribution in [0.3, 0.4) is 0 Å². The van der Waals surface area contributed by atoms with Crippen LogP contribution in [0.2, 0.25) is 0 Å². The highest BCUT2D eigenvalue weighted by Gasteiger charge is 2.50. The Labute approximate surface area is 185 Å². The van der Waals surface area contributed by atoms with E-state index in [0.717, 1.165) is 17.0 Å². The van der Waals surface area contributed by atoms with Gasteiger partial charge in [-0.25, -0.2) is 18.6 Å². The van der Waals surface area contributed by atoms with Gasteiger partial charge in [0.25, 0.3) is 5.91 Å². The molecule has 0 spiro atoms. The SMILES string of the molecule is COC(=O)Nc1nc2ccc(C3(O)c4ccccc4C(=O)N3c3ccc(F)c(F)c3)cc2[nH]1. The maximum Gasteiger partial charge on any atom is 0.413 e. The van der Waals surface area contributed by atoms with Gasteiger partial charge in [-0.2, -0.15) is 0 Å². The van der Waals surface area contributed by atoms with Crippen molar-refractivity contribution in [3.63, 3.8) is 0 Å². The Morgan fingerprint density at radius 1 is 1.12 bits per heavy atom. The van der Waals surface area contributed by atoms with E-state index in [1.165, 1.54) is 13.2 Å². The van der Waals surface area contributed by atoms with Crippen molar-refractivity contribution >= 4 is 34.7 Å². The number of H-pyrrole nitrogens is 1. The van der Waals surface area contributed by atoms with Crippen molar-refractivity contribution in [2.24, 2.45) is 0 Å². The summed E-state index contributed by atoms with van der Waals surface area (Å²) in [5, 5.41) is 14.4. The van der Waals surface area contributed by atoms with Gasteiger partial charge in [-0.05, 0) is 30.3 Å². The number of aromatic nitrogens is 2. The topological polar surface area (TPSA) is 108 Å². The second-order valence-electron chi connectivity index (χ2n) is 7.39. The van der Waals surface area contributed by atoms with Crippen LogP contribution in [0.15, 0.2) is 60.7 Å². The monoisotopic (exact) mass is 450 g/mol. The molecule has 1 atom stereocenters. The highest BCUT2D eigenvalue weighted by atomic mass is 19.2. The maximum atomic E-state index is 14.0. The molecule has 1 aliphatic heterocycles. The van der Waals surface area contributed by atoms with Gasteiger partial charge >= 0.3 is 6.09 Å². The van der Waals surface area contributed by atoms with Crippen molar-refractivity contribution in [3.8, 4) is 0 Å². The van der Waals surface area contributed by atoms with Crippen molar-refractivity contribution in [3.05, 3.63) is 89.0 Å². The van der Waals surface area contributed by atoms with Crippen LogP contribution in [-0.2, 0) is 10.5 Å². The molecule has 3 N–H and O–H groups in total. The number of nitrogens with one attached hydrogen (secondary N) is 2. The van der Waals surface area contributed by atoms with Crippen LogP contribution in [0, 0.1) is 11.6 Å². The fourth-order valence-electron chi connectivity index (χ4n) is 4.01. The van der Waals surface area contributed by atoms with Crippen molar-refractivity contribution in [1.82, 2.24) is 9.97 Å². The Hall–Kier alpha value is -4.31. The van der Waals surface area contributed by atoms with E-state index in [4.69, 9.17) is 0 Å². The fourth-order valence-corrected chi connectivity index (χ4v) is 4.01. The number of carbonyl (C=O) groups is 2. The Balaban J connectivity index is 1.68. The number of amides is 2. The predicted molar refractivity (Wildman–Crippen MR) is 115 cm³/mol. The highest BCUT2D eigenvalue weighted by molar-refractivity contribution is 6.12. The van der Waals surface area contributed by atoms with Crippen molar-refractivity contribution in [2.45, 2.75) is 5.72 Å². The van der Waals surface area contributed by atoms with E-state index in [9.17, 15) is 23.5 Å². The number of imidazole rings is 1. The molecule has 2 heterocycles. The minimum Gasteiger partial charge on any atom is -0.453 e. The molecule has 8 nitrogen and oxygen atoms in total. The Bertz CT molecular complexity index is 1440. The molecule has 4 aromatic rings. The summed E-state index contributed by atoms with van der Waals surface area (Å²) < 4.78 is 32.1. The second kappa shape index (κ2) is 7.38. The lowest BCUT2D eigenvalue weighted by Crippen LogP contribution is -2.45. The minimum atomic E-state index is -2.02. The first-order chi connectivity index (χ1) is 15.8. The van der Waals surface area contributed by atoms with Gasteiger partial charge < -0.3 is 14.8 Å². The van der Waals surface area contributed by atoms with Crippen molar-refractivity contribution < 1.29 is 28.2 Å². The molecule has 2 amide bonds. The number of halogens is 2. The summed E-state index contributed by atoms with van der Waals surface area (Å²) in [6, 6.07) is 14.1. The molecule has 0 saturated heterocycles. The molecule has 5 rings (SSSR count). The van der Waals surface area contributed by atoms with E-state index in [0.29, 0.717) is 11.0 Å². The van der Waals surface area contributed by atoms with Gasteiger partial charge in [0.1, 0.15) is 0 Å². The summed E-state index contributed by atoms with van der Waals surface area (Å²) in [6.45, 7) is 0. The summed E-state index contributed by atoms with van der Waals surface area (Å²) in [4.78, 5) is 32.9. The molecular formula is C23H16F2N4O4. The molecule has 0 bridgehead atoms. The van der Waals surface area contributed by atoms with E-state index in [2.05, 4.69) is 20.0 Å². The number of nitrogens with zero attached hydrogens (tertiary/aromatic N) is 2. The van der Waals surface area contributed by atoms with Crippen LogP contribution >= 0.6 is 0 Å². The first-order valence-corrected chi connectivity index (χ1v) is 9.79. The number of benzene rings is 3. The predicted octanol–water partition coefficient (Wildman–Crippen LogP) is 3.87. The largest absolute Gasteiger partial charge is 0.453 e. The Morgan fingerprint density at radius 2 is 1.91 bits per heavy atom. The van der Waals surface area contributed by atoms with Crippen LogP contribution in [-0.4, -0.2) is 34.2 Å². The van der Waals surface area contributed by atoms with Crippen molar-refractivity contribution in [1.29, 1.82) is 0 Å². The lowest BCUT2D eigenvalue weighted by Gasteiger charge is -2.35. The molecule has 166 valence electrons. The number of hydrogen-bond acceptors (Lipinski definition) is 5. The number of methoxy groups -OCH3 is 1. The highest BCUT2D eigenvalue weighted by Crippen LogP contribution is 2.45. The number of ether oxygens (including phenoxy) is 1. The lowest BCUT2D eigenvalue weighted by molar-refractivity contribution is 0.0703. The molecule has 0 fully saturated rings. The van der Waals surface area contributed by atoms with Gasteiger partial charge in [0, 0.05) is 22.8 Å². The fraction of sp³-hybridized carbons (Fsp3) is 0.0870. The van der Waals surface area contributed by atoms with Gasteiger partial charge in [-0.15, -0.1) is 0 Å². The van der Waals surface area contributed by atoms with Crippen LogP contribution < -0.4 is 10.2 Å². The Kier molecular flexibility index (Phi) is 4.61. The van der Waals surface area contributed by atoms with E-state index < -0.39 is 29.4 Å². The van der Waals surface area contributed by atoms with E-state index >= 15 is 0 Å². The smallest absolute Gasteiger partial charge is 0.413 e. The third-order valence-corrected chi connectivity index (χ3v) is 5.51. The first kappa shape index (κ1) is 20.6. The second-order valence-corrected chi connectivity index (χ2v) is 7.39.